The number of carbonyl (C=O) groups is 3. The SMILES string of the molecule is CCc1ccc(NC(=O)C[C@H]2C(=O)NCCN2C(=O)c2ccc(OC)cc2)cc1. The quantitative estimate of drug-likeness (QED) is 0.785. The molecule has 152 valence electrons. The topological polar surface area (TPSA) is 87.7 Å². The minimum absolute atomic E-state index is 0.108. The lowest BCUT2D eigenvalue weighted by molar-refractivity contribution is -0.131. The van der Waals surface area contributed by atoms with Crippen LogP contribution in [-0.2, 0) is 16.0 Å². The lowest BCUT2D eigenvalue weighted by Crippen LogP contribution is -2.58. The summed E-state index contributed by atoms with van der Waals surface area (Å²) < 4.78 is 5.11. The van der Waals surface area contributed by atoms with Gasteiger partial charge in [0, 0.05) is 24.3 Å². The second kappa shape index (κ2) is 9.23. The van der Waals surface area contributed by atoms with E-state index in [1.54, 1.807) is 31.4 Å². The summed E-state index contributed by atoms with van der Waals surface area (Å²) in [6.07, 6.45) is 0.808. The Bertz CT molecular complexity index is 878. The summed E-state index contributed by atoms with van der Waals surface area (Å²) in [5.74, 6) is -0.283. The minimum atomic E-state index is -0.853. The number of hydrogen-bond donors (Lipinski definition) is 2. The van der Waals surface area contributed by atoms with E-state index in [1.165, 1.54) is 10.5 Å². The monoisotopic (exact) mass is 395 g/mol. The van der Waals surface area contributed by atoms with Gasteiger partial charge in [-0.05, 0) is 48.4 Å². The van der Waals surface area contributed by atoms with Crippen LogP contribution in [0.1, 0.15) is 29.3 Å². The van der Waals surface area contributed by atoms with E-state index in [-0.39, 0.29) is 24.1 Å². The molecule has 2 aromatic carbocycles. The van der Waals surface area contributed by atoms with Gasteiger partial charge >= 0.3 is 0 Å². The highest BCUT2D eigenvalue weighted by atomic mass is 16.5. The molecule has 0 unspecified atom stereocenters. The van der Waals surface area contributed by atoms with Gasteiger partial charge in [-0.2, -0.15) is 0 Å². The van der Waals surface area contributed by atoms with Crippen molar-refractivity contribution in [2.75, 3.05) is 25.5 Å². The standard InChI is InChI=1S/C22H25N3O4/c1-3-15-4-8-17(9-5-15)24-20(26)14-19-21(27)23-12-13-25(19)22(28)16-6-10-18(29-2)11-7-16/h4-11,19H,3,12-14H2,1-2H3,(H,23,27)(H,24,26)/t19-/m0/s1. The van der Waals surface area contributed by atoms with E-state index in [0.717, 1.165) is 6.42 Å². The van der Waals surface area contributed by atoms with Crippen molar-refractivity contribution < 1.29 is 19.1 Å². The van der Waals surface area contributed by atoms with Crippen molar-refractivity contribution in [3.63, 3.8) is 0 Å². The molecule has 0 aromatic heterocycles. The Kier molecular flexibility index (Phi) is 6.49. The zero-order valence-corrected chi connectivity index (χ0v) is 16.6. The normalized spacial score (nSPS) is 16.1. The third kappa shape index (κ3) is 4.93. The van der Waals surface area contributed by atoms with Crippen molar-refractivity contribution in [3.05, 3.63) is 59.7 Å². The Labute approximate surface area is 170 Å². The van der Waals surface area contributed by atoms with Gasteiger partial charge in [0.05, 0.1) is 13.5 Å². The van der Waals surface area contributed by atoms with Gasteiger partial charge in [0.1, 0.15) is 11.8 Å². The van der Waals surface area contributed by atoms with Crippen LogP contribution in [0.2, 0.25) is 0 Å². The van der Waals surface area contributed by atoms with Gasteiger partial charge in [0.2, 0.25) is 11.8 Å². The number of nitrogens with zero attached hydrogens (tertiary/aromatic N) is 1. The third-order valence-electron chi connectivity index (χ3n) is 4.95. The predicted molar refractivity (Wildman–Crippen MR) is 110 cm³/mol. The zero-order valence-electron chi connectivity index (χ0n) is 16.6. The van der Waals surface area contributed by atoms with Gasteiger partial charge in [-0.1, -0.05) is 19.1 Å². The largest absolute Gasteiger partial charge is 0.497 e. The maximum absolute atomic E-state index is 12.9. The number of nitrogens with one attached hydrogen (secondary N) is 2. The van der Waals surface area contributed by atoms with Gasteiger partial charge in [-0.3, -0.25) is 14.4 Å². The molecule has 0 aliphatic carbocycles. The first-order valence-electron chi connectivity index (χ1n) is 9.63. The number of methoxy groups -OCH3 is 1. The number of hydrogen-bond acceptors (Lipinski definition) is 4. The Morgan fingerprint density at radius 1 is 1.14 bits per heavy atom. The summed E-state index contributed by atoms with van der Waals surface area (Å²) >= 11 is 0. The number of ether oxygens (including phenoxy) is 1. The molecule has 7 nitrogen and oxygen atoms in total. The van der Waals surface area contributed by atoms with Gasteiger partial charge in [-0.25, -0.2) is 0 Å². The minimum Gasteiger partial charge on any atom is -0.497 e. The van der Waals surface area contributed by atoms with Gasteiger partial charge in [-0.15, -0.1) is 0 Å². The third-order valence-corrected chi connectivity index (χ3v) is 4.95. The summed E-state index contributed by atoms with van der Waals surface area (Å²) in [7, 11) is 1.55. The Hall–Kier alpha value is -3.35. The molecule has 0 radical (unpaired) electrons. The van der Waals surface area contributed by atoms with Gasteiger partial charge in [0.25, 0.3) is 5.91 Å². The molecular weight excluding hydrogens is 370 g/mol. The number of amides is 3. The fourth-order valence-electron chi connectivity index (χ4n) is 3.27. The van der Waals surface area contributed by atoms with Crippen molar-refractivity contribution in [1.29, 1.82) is 0 Å². The second-order valence-corrected chi connectivity index (χ2v) is 6.84. The highest BCUT2D eigenvalue weighted by Crippen LogP contribution is 2.18. The molecule has 1 aliphatic heterocycles. The molecule has 29 heavy (non-hydrogen) atoms. The Balaban J connectivity index is 1.70. The molecule has 0 saturated carbocycles. The molecule has 2 N–H and O–H groups in total. The molecule has 1 saturated heterocycles. The van der Waals surface area contributed by atoms with Crippen LogP contribution in [0.5, 0.6) is 5.75 Å². The average molecular weight is 395 g/mol. The summed E-state index contributed by atoms with van der Waals surface area (Å²) in [6.45, 7) is 2.76. The molecule has 3 amide bonds. The van der Waals surface area contributed by atoms with Gasteiger partial charge in [0.15, 0.2) is 0 Å². The predicted octanol–water partition coefficient (Wildman–Crippen LogP) is 2.23. The number of rotatable bonds is 6. The van der Waals surface area contributed by atoms with E-state index < -0.39 is 6.04 Å². The van der Waals surface area contributed by atoms with Crippen LogP contribution in [-0.4, -0.2) is 48.9 Å². The molecule has 0 spiro atoms. The number of benzene rings is 2. The molecule has 7 heteroatoms. The first-order valence-corrected chi connectivity index (χ1v) is 9.63. The van der Waals surface area contributed by atoms with Crippen molar-refractivity contribution in [1.82, 2.24) is 10.2 Å². The van der Waals surface area contributed by atoms with Crippen molar-refractivity contribution in [3.8, 4) is 5.75 Å². The number of carbonyl (C=O) groups excluding carboxylic acids is 3. The first kappa shape index (κ1) is 20.4. The van der Waals surface area contributed by atoms with Crippen LogP contribution in [0, 0.1) is 0 Å². The van der Waals surface area contributed by atoms with E-state index in [9.17, 15) is 14.4 Å². The Morgan fingerprint density at radius 2 is 1.83 bits per heavy atom. The van der Waals surface area contributed by atoms with Crippen LogP contribution in [0.25, 0.3) is 0 Å². The van der Waals surface area contributed by atoms with E-state index in [0.29, 0.717) is 30.1 Å². The maximum Gasteiger partial charge on any atom is 0.254 e. The molecule has 1 atom stereocenters. The highest BCUT2D eigenvalue weighted by Gasteiger charge is 2.35. The van der Waals surface area contributed by atoms with Crippen molar-refractivity contribution in [2.24, 2.45) is 0 Å². The summed E-state index contributed by atoms with van der Waals surface area (Å²) in [5.41, 5.74) is 2.28. The molecule has 0 bridgehead atoms. The van der Waals surface area contributed by atoms with E-state index in [1.807, 2.05) is 24.3 Å². The smallest absolute Gasteiger partial charge is 0.254 e. The second-order valence-electron chi connectivity index (χ2n) is 6.84. The van der Waals surface area contributed by atoms with Crippen molar-refractivity contribution >= 4 is 23.4 Å². The summed E-state index contributed by atoms with van der Waals surface area (Å²) in [6, 6.07) is 13.4. The maximum atomic E-state index is 12.9. The molecule has 1 heterocycles. The van der Waals surface area contributed by atoms with E-state index >= 15 is 0 Å². The van der Waals surface area contributed by atoms with Crippen LogP contribution in [0.3, 0.4) is 0 Å². The lowest BCUT2D eigenvalue weighted by Gasteiger charge is -2.34. The number of aryl methyl sites for hydroxylation is 1. The molecule has 1 aliphatic rings. The fraction of sp³-hybridized carbons (Fsp3) is 0.318. The zero-order chi connectivity index (χ0) is 20.8. The van der Waals surface area contributed by atoms with Crippen LogP contribution in [0.15, 0.2) is 48.5 Å². The molecule has 1 fully saturated rings. The van der Waals surface area contributed by atoms with Crippen molar-refractivity contribution in [2.45, 2.75) is 25.8 Å². The van der Waals surface area contributed by atoms with E-state index in [4.69, 9.17) is 4.74 Å². The van der Waals surface area contributed by atoms with Crippen LogP contribution in [0.4, 0.5) is 5.69 Å². The first-order chi connectivity index (χ1) is 14.0. The molecular formula is C22H25N3O4. The molecule has 3 rings (SSSR count). The van der Waals surface area contributed by atoms with Crippen LogP contribution < -0.4 is 15.4 Å². The van der Waals surface area contributed by atoms with E-state index in [2.05, 4.69) is 17.6 Å². The highest BCUT2D eigenvalue weighted by molar-refractivity contribution is 6.01. The number of piperazine rings is 1. The Morgan fingerprint density at radius 3 is 2.45 bits per heavy atom. The number of anilines is 1. The lowest BCUT2D eigenvalue weighted by atomic mass is 10.1. The molecule has 2 aromatic rings. The summed E-state index contributed by atoms with van der Waals surface area (Å²) in [4.78, 5) is 39.3. The van der Waals surface area contributed by atoms with Crippen LogP contribution >= 0.6 is 0 Å². The van der Waals surface area contributed by atoms with Gasteiger partial charge < -0.3 is 20.3 Å². The average Bonchev–Trinajstić information content (AvgIpc) is 2.75. The fourth-order valence-corrected chi connectivity index (χ4v) is 3.27. The summed E-state index contributed by atoms with van der Waals surface area (Å²) in [5, 5.41) is 5.54.